The number of hydrogen-bond donors (Lipinski definition) is 2. The lowest BCUT2D eigenvalue weighted by Crippen LogP contribution is -2.43. The second-order valence-electron chi connectivity index (χ2n) is 5.85. The Morgan fingerprint density at radius 3 is 2.94 bits per heavy atom. The Morgan fingerprint density at radius 2 is 2.28 bits per heavy atom. The number of rotatable bonds is 4. The predicted octanol–water partition coefficient (Wildman–Crippen LogP) is 2.42. The fourth-order valence-electron chi connectivity index (χ4n) is 2.67. The van der Waals surface area contributed by atoms with Crippen LogP contribution < -0.4 is 5.32 Å². The van der Waals surface area contributed by atoms with Gasteiger partial charge in [-0.2, -0.15) is 0 Å². The summed E-state index contributed by atoms with van der Waals surface area (Å²) in [5.41, 5.74) is 2.28. The van der Waals surface area contributed by atoms with Gasteiger partial charge in [0.2, 0.25) is 0 Å². The molecule has 0 spiro atoms. The van der Waals surface area contributed by atoms with Gasteiger partial charge >= 0.3 is 0 Å². The van der Waals surface area contributed by atoms with Crippen LogP contribution in [-0.4, -0.2) is 22.7 Å². The van der Waals surface area contributed by atoms with Crippen LogP contribution in [-0.2, 0) is 6.54 Å². The van der Waals surface area contributed by atoms with E-state index < -0.39 is 0 Å². The first-order valence-electron chi connectivity index (χ1n) is 6.90. The van der Waals surface area contributed by atoms with Crippen molar-refractivity contribution < 1.29 is 5.11 Å². The topological polar surface area (TPSA) is 45.1 Å². The SMILES string of the molecule is Cc1ccc(CNCC2(C)CCCCC2O)nc1. The van der Waals surface area contributed by atoms with Crippen LogP contribution in [0.4, 0.5) is 0 Å². The Morgan fingerprint density at radius 1 is 1.44 bits per heavy atom. The fraction of sp³-hybridized carbons (Fsp3) is 0.667. The van der Waals surface area contributed by atoms with Gasteiger partial charge in [0, 0.05) is 24.7 Å². The summed E-state index contributed by atoms with van der Waals surface area (Å²) in [7, 11) is 0. The van der Waals surface area contributed by atoms with Crippen LogP contribution in [0.1, 0.15) is 43.9 Å². The van der Waals surface area contributed by atoms with E-state index in [0.717, 1.165) is 38.0 Å². The summed E-state index contributed by atoms with van der Waals surface area (Å²) >= 11 is 0. The van der Waals surface area contributed by atoms with E-state index in [1.54, 1.807) is 0 Å². The predicted molar refractivity (Wildman–Crippen MR) is 73.3 cm³/mol. The van der Waals surface area contributed by atoms with Gasteiger partial charge in [-0.1, -0.05) is 25.8 Å². The maximum Gasteiger partial charge on any atom is 0.0605 e. The van der Waals surface area contributed by atoms with Crippen LogP contribution in [0, 0.1) is 12.3 Å². The molecule has 100 valence electrons. The smallest absolute Gasteiger partial charge is 0.0605 e. The Hall–Kier alpha value is -0.930. The minimum Gasteiger partial charge on any atom is -0.393 e. The number of aliphatic hydroxyl groups excluding tert-OH is 1. The molecule has 2 rings (SSSR count). The third kappa shape index (κ3) is 3.30. The minimum absolute atomic E-state index is 0.0307. The van der Waals surface area contributed by atoms with E-state index in [1.807, 2.05) is 13.1 Å². The first-order valence-corrected chi connectivity index (χ1v) is 6.90. The van der Waals surface area contributed by atoms with E-state index in [2.05, 4.69) is 29.4 Å². The van der Waals surface area contributed by atoms with Crippen molar-refractivity contribution in [3.63, 3.8) is 0 Å². The average molecular weight is 248 g/mol. The number of hydrogen-bond acceptors (Lipinski definition) is 3. The molecule has 3 nitrogen and oxygen atoms in total. The summed E-state index contributed by atoms with van der Waals surface area (Å²) in [5.74, 6) is 0. The lowest BCUT2D eigenvalue weighted by Gasteiger charge is -2.38. The van der Waals surface area contributed by atoms with E-state index in [-0.39, 0.29) is 11.5 Å². The number of pyridine rings is 1. The quantitative estimate of drug-likeness (QED) is 0.860. The third-order valence-corrected chi connectivity index (χ3v) is 4.09. The normalized spacial score (nSPS) is 28.3. The zero-order valence-electron chi connectivity index (χ0n) is 11.4. The summed E-state index contributed by atoms with van der Waals surface area (Å²) < 4.78 is 0. The molecule has 0 aromatic carbocycles. The van der Waals surface area contributed by atoms with Gasteiger partial charge in [0.1, 0.15) is 0 Å². The highest BCUT2D eigenvalue weighted by Crippen LogP contribution is 2.35. The summed E-state index contributed by atoms with van der Waals surface area (Å²) in [4.78, 5) is 4.38. The van der Waals surface area contributed by atoms with Crippen molar-refractivity contribution >= 4 is 0 Å². The molecule has 0 amide bonds. The molecule has 2 N–H and O–H groups in total. The minimum atomic E-state index is -0.162. The molecule has 1 aromatic rings. The summed E-state index contributed by atoms with van der Waals surface area (Å²) in [6.45, 7) is 5.88. The molecule has 0 radical (unpaired) electrons. The van der Waals surface area contributed by atoms with Crippen LogP contribution in [0.2, 0.25) is 0 Å². The van der Waals surface area contributed by atoms with Gasteiger partial charge in [-0.15, -0.1) is 0 Å². The van der Waals surface area contributed by atoms with Crippen molar-refractivity contribution in [2.75, 3.05) is 6.54 Å². The van der Waals surface area contributed by atoms with Crippen molar-refractivity contribution in [3.05, 3.63) is 29.6 Å². The molecule has 1 heterocycles. The van der Waals surface area contributed by atoms with Crippen LogP contribution in [0.3, 0.4) is 0 Å². The highest BCUT2D eigenvalue weighted by atomic mass is 16.3. The molecule has 1 aromatic heterocycles. The highest BCUT2D eigenvalue weighted by Gasteiger charge is 2.34. The molecule has 18 heavy (non-hydrogen) atoms. The Bertz CT molecular complexity index is 377. The molecule has 1 saturated carbocycles. The Balaban J connectivity index is 1.82. The first-order chi connectivity index (χ1) is 8.60. The lowest BCUT2D eigenvalue weighted by atomic mass is 9.73. The van der Waals surface area contributed by atoms with Gasteiger partial charge < -0.3 is 10.4 Å². The van der Waals surface area contributed by atoms with E-state index in [9.17, 15) is 5.11 Å². The average Bonchev–Trinajstić information content (AvgIpc) is 2.36. The van der Waals surface area contributed by atoms with Gasteiger partial charge in [-0.25, -0.2) is 0 Å². The molecule has 0 bridgehead atoms. The van der Waals surface area contributed by atoms with Gasteiger partial charge in [-0.05, 0) is 31.4 Å². The van der Waals surface area contributed by atoms with Gasteiger partial charge in [0.05, 0.1) is 11.8 Å². The summed E-state index contributed by atoms with van der Waals surface area (Å²) in [6, 6.07) is 4.14. The van der Waals surface area contributed by atoms with Crippen LogP contribution in [0.15, 0.2) is 18.3 Å². The third-order valence-electron chi connectivity index (χ3n) is 4.09. The van der Waals surface area contributed by atoms with E-state index in [4.69, 9.17) is 0 Å². The van der Waals surface area contributed by atoms with Crippen molar-refractivity contribution in [2.24, 2.45) is 5.41 Å². The van der Waals surface area contributed by atoms with Crippen LogP contribution >= 0.6 is 0 Å². The second-order valence-corrected chi connectivity index (χ2v) is 5.85. The van der Waals surface area contributed by atoms with E-state index >= 15 is 0 Å². The molecule has 1 aliphatic carbocycles. The molecule has 1 fully saturated rings. The molecule has 0 aliphatic heterocycles. The van der Waals surface area contributed by atoms with Crippen molar-refractivity contribution in [2.45, 2.75) is 52.2 Å². The van der Waals surface area contributed by atoms with Gasteiger partial charge in [-0.3, -0.25) is 4.98 Å². The number of aliphatic hydroxyl groups is 1. The zero-order chi connectivity index (χ0) is 13.0. The van der Waals surface area contributed by atoms with Crippen molar-refractivity contribution in [1.29, 1.82) is 0 Å². The molecule has 2 unspecified atom stereocenters. The molecule has 0 saturated heterocycles. The lowest BCUT2D eigenvalue weighted by molar-refractivity contribution is 0.00111. The van der Waals surface area contributed by atoms with E-state index in [1.165, 1.54) is 12.0 Å². The van der Waals surface area contributed by atoms with Crippen molar-refractivity contribution in [3.8, 4) is 0 Å². The molecule has 3 heteroatoms. The highest BCUT2D eigenvalue weighted by molar-refractivity contribution is 5.12. The first kappa shape index (κ1) is 13.5. The largest absolute Gasteiger partial charge is 0.393 e. The number of aryl methyl sites for hydroxylation is 1. The Kier molecular flexibility index (Phi) is 4.36. The summed E-state index contributed by atoms with van der Waals surface area (Å²) in [6.07, 6.45) is 6.19. The van der Waals surface area contributed by atoms with Crippen LogP contribution in [0.25, 0.3) is 0 Å². The standard InChI is InChI=1S/C15H24N2O/c1-12-6-7-13(17-9-12)10-16-11-15(2)8-4-3-5-14(15)18/h6-7,9,14,16,18H,3-5,8,10-11H2,1-2H3. The fourth-order valence-corrected chi connectivity index (χ4v) is 2.67. The number of nitrogens with zero attached hydrogens (tertiary/aromatic N) is 1. The Labute approximate surface area is 110 Å². The molecule has 2 atom stereocenters. The maximum absolute atomic E-state index is 10.1. The van der Waals surface area contributed by atoms with Crippen LogP contribution in [0.5, 0.6) is 0 Å². The molecular weight excluding hydrogens is 224 g/mol. The molecule has 1 aliphatic rings. The maximum atomic E-state index is 10.1. The van der Waals surface area contributed by atoms with Gasteiger partial charge in [0.25, 0.3) is 0 Å². The monoisotopic (exact) mass is 248 g/mol. The van der Waals surface area contributed by atoms with E-state index in [0.29, 0.717) is 0 Å². The van der Waals surface area contributed by atoms with Crippen molar-refractivity contribution in [1.82, 2.24) is 10.3 Å². The number of aromatic nitrogens is 1. The second kappa shape index (κ2) is 5.81. The number of nitrogens with one attached hydrogen (secondary N) is 1. The zero-order valence-corrected chi connectivity index (χ0v) is 11.4. The van der Waals surface area contributed by atoms with Gasteiger partial charge in [0.15, 0.2) is 0 Å². The summed E-state index contributed by atoms with van der Waals surface area (Å²) in [5, 5.41) is 13.5. The molecular formula is C15H24N2O.